The van der Waals surface area contributed by atoms with Crippen molar-refractivity contribution < 1.29 is 9.47 Å². The van der Waals surface area contributed by atoms with Crippen LogP contribution in [0.25, 0.3) is 11.1 Å². The fourth-order valence-electron chi connectivity index (χ4n) is 1.76. The van der Waals surface area contributed by atoms with E-state index in [2.05, 4.69) is 6.07 Å². The van der Waals surface area contributed by atoms with Gasteiger partial charge in [-0.1, -0.05) is 6.07 Å². The molecule has 0 fully saturated rings. The van der Waals surface area contributed by atoms with Crippen molar-refractivity contribution in [3.05, 3.63) is 34.5 Å². The van der Waals surface area contributed by atoms with Gasteiger partial charge in [-0.05, 0) is 34.7 Å². The third-order valence-electron chi connectivity index (χ3n) is 2.63. The molecule has 0 saturated heterocycles. The van der Waals surface area contributed by atoms with Crippen molar-refractivity contribution in [1.82, 2.24) is 0 Å². The van der Waals surface area contributed by atoms with Gasteiger partial charge in [0.05, 0.1) is 14.2 Å². The Hall–Kier alpha value is -1.52. The minimum atomic E-state index is 0.557. The van der Waals surface area contributed by atoms with E-state index in [-0.39, 0.29) is 0 Å². The third kappa shape index (κ3) is 2.28. The molecule has 0 radical (unpaired) electrons. The van der Waals surface area contributed by atoms with Crippen LogP contribution < -0.4 is 15.2 Å². The Balaban J connectivity index is 2.46. The van der Waals surface area contributed by atoms with Crippen LogP contribution in [0.4, 0.5) is 0 Å². The smallest absolute Gasteiger partial charge is 0.161 e. The topological polar surface area (TPSA) is 44.5 Å². The summed E-state index contributed by atoms with van der Waals surface area (Å²) in [7, 11) is 3.27. The first-order valence-electron chi connectivity index (χ1n) is 5.29. The summed E-state index contributed by atoms with van der Waals surface area (Å²) >= 11 is 1.67. The van der Waals surface area contributed by atoms with Gasteiger partial charge in [-0.2, -0.15) is 0 Å². The molecule has 4 heteroatoms. The van der Waals surface area contributed by atoms with Crippen LogP contribution >= 0.6 is 11.3 Å². The summed E-state index contributed by atoms with van der Waals surface area (Å²) in [5.41, 5.74) is 7.98. The highest BCUT2D eigenvalue weighted by Crippen LogP contribution is 2.35. The molecule has 0 aliphatic carbocycles. The molecule has 2 N–H and O–H groups in total. The van der Waals surface area contributed by atoms with E-state index in [0.29, 0.717) is 6.54 Å². The number of rotatable bonds is 4. The summed E-state index contributed by atoms with van der Waals surface area (Å²) in [6, 6.07) is 7.98. The number of hydrogen-bond acceptors (Lipinski definition) is 4. The largest absolute Gasteiger partial charge is 0.493 e. The summed E-state index contributed by atoms with van der Waals surface area (Å²) < 4.78 is 10.5. The lowest BCUT2D eigenvalue weighted by atomic mass is 10.1. The number of methoxy groups -OCH3 is 2. The van der Waals surface area contributed by atoms with Crippen LogP contribution in [0.5, 0.6) is 11.5 Å². The van der Waals surface area contributed by atoms with Gasteiger partial charge >= 0.3 is 0 Å². The van der Waals surface area contributed by atoms with Crippen LogP contribution in [-0.4, -0.2) is 14.2 Å². The van der Waals surface area contributed by atoms with Crippen LogP contribution in [0.2, 0.25) is 0 Å². The van der Waals surface area contributed by atoms with Crippen LogP contribution in [0.15, 0.2) is 29.6 Å². The van der Waals surface area contributed by atoms with E-state index in [1.165, 1.54) is 10.4 Å². The maximum absolute atomic E-state index is 5.71. The zero-order valence-electron chi connectivity index (χ0n) is 9.90. The van der Waals surface area contributed by atoms with E-state index < -0.39 is 0 Å². The molecular weight excluding hydrogens is 234 g/mol. The van der Waals surface area contributed by atoms with E-state index in [4.69, 9.17) is 15.2 Å². The lowest BCUT2D eigenvalue weighted by Gasteiger charge is -2.09. The molecule has 90 valence electrons. The van der Waals surface area contributed by atoms with Crippen molar-refractivity contribution in [1.29, 1.82) is 0 Å². The SMILES string of the molecule is COc1ccc(-c2ccsc2CN)cc1OC. The predicted octanol–water partition coefficient (Wildman–Crippen LogP) is 2.89. The number of nitrogens with two attached hydrogens (primary N) is 1. The maximum Gasteiger partial charge on any atom is 0.161 e. The van der Waals surface area contributed by atoms with Crippen molar-refractivity contribution in [2.75, 3.05) is 14.2 Å². The Labute approximate surface area is 105 Å². The van der Waals surface area contributed by atoms with Crippen LogP contribution in [0.1, 0.15) is 4.88 Å². The molecule has 0 spiro atoms. The second-order valence-corrected chi connectivity index (χ2v) is 4.53. The van der Waals surface area contributed by atoms with Gasteiger partial charge in [0.25, 0.3) is 0 Å². The molecular formula is C13H15NO2S. The molecule has 1 heterocycles. The average molecular weight is 249 g/mol. The summed E-state index contributed by atoms with van der Waals surface area (Å²) in [6.45, 7) is 0.557. The molecule has 2 rings (SSSR count). The van der Waals surface area contributed by atoms with Crippen LogP contribution in [-0.2, 0) is 6.54 Å². The van der Waals surface area contributed by atoms with Gasteiger partial charge in [0.1, 0.15) is 0 Å². The quantitative estimate of drug-likeness (QED) is 0.906. The van der Waals surface area contributed by atoms with E-state index in [1.807, 2.05) is 23.6 Å². The Kier molecular flexibility index (Phi) is 3.66. The van der Waals surface area contributed by atoms with E-state index >= 15 is 0 Å². The molecule has 0 aliphatic rings. The molecule has 0 atom stereocenters. The second kappa shape index (κ2) is 5.21. The van der Waals surface area contributed by atoms with E-state index in [1.54, 1.807) is 25.6 Å². The fraction of sp³-hybridized carbons (Fsp3) is 0.231. The monoisotopic (exact) mass is 249 g/mol. The van der Waals surface area contributed by atoms with Crippen molar-refractivity contribution in [2.24, 2.45) is 5.73 Å². The molecule has 1 aromatic heterocycles. The fourth-order valence-corrected chi connectivity index (χ4v) is 2.54. The Bertz CT molecular complexity index is 508. The normalized spacial score (nSPS) is 10.3. The number of benzene rings is 1. The number of hydrogen-bond donors (Lipinski definition) is 1. The summed E-state index contributed by atoms with van der Waals surface area (Å²) in [4.78, 5) is 1.18. The van der Waals surface area contributed by atoms with Gasteiger partial charge in [0.2, 0.25) is 0 Å². The molecule has 0 bridgehead atoms. The first-order chi connectivity index (χ1) is 8.30. The maximum atomic E-state index is 5.71. The minimum Gasteiger partial charge on any atom is -0.493 e. The lowest BCUT2D eigenvalue weighted by Crippen LogP contribution is -1.95. The van der Waals surface area contributed by atoms with Gasteiger partial charge in [0.15, 0.2) is 11.5 Å². The van der Waals surface area contributed by atoms with Gasteiger partial charge in [-0.15, -0.1) is 11.3 Å². The standard InChI is InChI=1S/C13H15NO2S/c1-15-11-4-3-9(7-12(11)16-2)10-5-6-17-13(10)8-14/h3-7H,8,14H2,1-2H3. The van der Waals surface area contributed by atoms with E-state index in [0.717, 1.165) is 17.1 Å². The lowest BCUT2D eigenvalue weighted by molar-refractivity contribution is 0.355. The number of thiophene rings is 1. The number of ether oxygens (including phenoxy) is 2. The first kappa shape index (κ1) is 12.0. The highest BCUT2D eigenvalue weighted by molar-refractivity contribution is 7.10. The summed E-state index contributed by atoms with van der Waals surface area (Å²) in [6.07, 6.45) is 0. The highest BCUT2D eigenvalue weighted by atomic mass is 32.1. The molecule has 1 aromatic carbocycles. The predicted molar refractivity (Wildman–Crippen MR) is 70.8 cm³/mol. The molecule has 0 unspecified atom stereocenters. The van der Waals surface area contributed by atoms with Crippen molar-refractivity contribution in [3.8, 4) is 22.6 Å². The molecule has 0 saturated carbocycles. The van der Waals surface area contributed by atoms with Crippen LogP contribution in [0, 0.1) is 0 Å². The molecule has 17 heavy (non-hydrogen) atoms. The molecule has 0 amide bonds. The van der Waals surface area contributed by atoms with Crippen molar-refractivity contribution >= 4 is 11.3 Å². The Morgan fingerprint density at radius 3 is 2.53 bits per heavy atom. The van der Waals surface area contributed by atoms with Gasteiger partial charge in [-0.25, -0.2) is 0 Å². The minimum absolute atomic E-state index is 0.557. The second-order valence-electron chi connectivity index (χ2n) is 3.53. The molecule has 3 nitrogen and oxygen atoms in total. The molecule has 2 aromatic rings. The van der Waals surface area contributed by atoms with Crippen LogP contribution in [0.3, 0.4) is 0 Å². The summed E-state index contributed by atoms with van der Waals surface area (Å²) in [5.74, 6) is 1.47. The average Bonchev–Trinajstić information content (AvgIpc) is 2.86. The zero-order chi connectivity index (χ0) is 12.3. The highest BCUT2D eigenvalue weighted by Gasteiger charge is 2.09. The summed E-state index contributed by atoms with van der Waals surface area (Å²) in [5, 5.41) is 2.05. The zero-order valence-corrected chi connectivity index (χ0v) is 10.7. The van der Waals surface area contributed by atoms with Crippen molar-refractivity contribution in [3.63, 3.8) is 0 Å². The van der Waals surface area contributed by atoms with Gasteiger partial charge < -0.3 is 15.2 Å². The van der Waals surface area contributed by atoms with Gasteiger partial charge in [0, 0.05) is 11.4 Å². The third-order valence-corrected chi connectivity index (χ3v) is 3.57. The van der Waals surface area contributed by atoms with Crippen molar-refractivity contribution in [2.45, 2.75) is 6.54 Å². The van der Waals surface area contributed by atoms with Gasteiger partial charge in [-0.3, -0.25) is 0 Å². The Morgan fingerprint density at radius 2 is 1.88 bits per heavy atom. The molecule has 0 aliphatic heterocycles. The first-order valence-corrected chi connectivity index (χ1v) is 6.17. The Morgan fingerprint density at radius 1 is 1.12 bits per heavy atom. The van der Waals surface area contributed by atoms with E-state index in [9.17, 15) is 0 Å².